The molecular weight excluding hydrogens is 140 g/mol. The molecule has 1 radical (unpaired) electrons. The molecule has 0 aliphatic carbocycles. The van der Waals surface area contributed by atoms with Gasteiger partial charge in [0.2, 0.25) is 4.34 Å². The molecule has 0 atom stereocenters. The van der Waals surface area contributed by atoms with Crippen molar-refractivity contribution < 1.29 is 0 Å². The van der Waals surface area contributed by atoms with E-state index in [4.69, 9.17) is 12.6 Å². The average Bonchev–Trinajstić information content (AvgIpc) is 2.14. The average molecular weight is 145 g/mol. The van der Waals surface area contributed by atoms with Crippen LogP contribution in [0.3, 0.4) is 0 Å². The third kappa shape index (κ3) is 1.14. The van der Waals surface area contributed by atoms with Crippen LogP contribution >= 0.6 is 24.0 Å². The lowest BCUT2D eigenvalue weighted by atomic mass is 10.5. The molecule has 1 rings (SSSR count). The molecule has 2 nitrogen and oxygen atoms in total. The molecule has 0 aliphatic heterocycles. The number of aromatic nitrogens is 2. The summed E-state index contributed by atoms with van der Waals surface area (Å²) >= 11 is 6.22. The lowest BCUT2D eigenvalue weighted by Crippen LogP contribution is -1.74. The van der Waals surface area contributed by atoms with Gasteiger partial charge < -0.3 is 0 Å². The first-order chi connectivity index (χ1) is 3.83. The van der Waals surface area contributed by atoms with Crippen molar-refractivity contribution in [2.75, 3.05) is 0 Å². The second-order valence-corrected chi connectivity index (χ2v) is 3.02. The number of hydrogen-bond donors (Lipinski definition) is 0. The molecule has 0 fully saturated rings. The maximum absolute atomic E-state index is 4.74. The van der Waals surface area contributed by atoms with Crippen molar-refractivity contribution in [2.45, 2.75) is 17.7 Å². The van der Waals surface area contributed by atoms with Crippen molar-refractivity contribution in [3.8, 4) is 0 Å². The first-order valence-electron chi connectivity index (χ1n) is 2.32. The number of aryl methyl sites for hydroxylation is 1. The van der Waals surface area contributed by atoms with Crippen LogP contribution in [0.5, 0.6) is 0 Å². The van der Waals surface area contributed by atoms with E-state index < -0.39 is 0 Å². The van der Waals surface area contributed by atoms with E-state index in [1.54, 1.807) is 0 Å². The van der Waals surface area contributed by atoms with E-state index in [9.17, 15) is 0 Å². The molecule has 0 aromatic carbocycles. The van der Waals surface area contributed by atoms with Crippen LogP contribution in [0.1, 0.15) is 11.9 Å². The Bertz CT molecular complexity index is 172. The molecule has 0 spiro atoms. The van der Waals surface area contributed by atoms with Gasteiger partial charge in [-0.2, -0.15) is 0 Å². The van der Waals surface area contributed by atoms with Crippen LogP contribution < -0.4 is 0 Å². The standard InChI is InChI=1S/C4H5N2S2/c1-2-3-5-6-4(7)8-3/h2H2,1H3. The first-order valence-corrected chi connectivity index (χ1v) is 3.54. The van der Waals surface area contributed by atoms with Crippen molar-refractivity contribution in [2.24, 2.45) is 0 Å². The maximum Gasteiger partial charge on any atom is 0.204 e. The van der Waals surface area contributed by atoms with Gasteiger partial charge in [0.15, 0.2) is 0 Å². The van der Waals surface area contributed by atoms with E-state index in [1.165, 1.54) is 11.3 Å². The van der Waals surface area contributed by atoms with Crippen LogP contribution in [0.15, 0.2) is 4.34 Å². The van der Waals surface area contributed by atoms with E-state index in [1.807, 2.05) is 6.92 Å². The van der Waals surface area contributed by atoms with Crippen molar-refractivity contribution in [1.82, 2.24) is 10.2 Å². The minimum absolute atomic E-state index is 0.641. The fraction of sp³-hybridized carbons (Fsp3) is 0.500. The highest BCUT2D eigenvalue weighted by atomic mass is 32.2. The van der Waals surface area contributed by atoms with Crippen molar-refractivity contribution in [1.29, 1.82) is 0 Å². The SMILES string of the molecule is CCc1nnc([S])s1. The molecule has 0 N–H and O–H groups in total. The van der Waals surface area contributed by atoms with Gasteiger partial charge in [0.25, 0.3) is 0 Å². The molecule has 0 saturated heterocycles. The summed E-state index contributed by atoms with van der Waals surface area (Å²) in [5, 5.41) is 8.49. The summed E-state index contributed by atoms with van der Waals surface area (Å²) < 4.78 is 0.641. The van der Waals surface area contributed by atoms with Gasteiger partial charge in [0.1, 0.15) is 5.01 Å². The minimum atomic E-state index is 0.641. The monoisotopic (exact) mass is 145 g/mol. The Morgan fingerprint density at radius 1 is 1.62 bits per heavy atom. The summed E-state index contributed by atoms with van der Waals surface area (Å²) in [5.74, 6) is 0. The van der Waals surface area contributed by atoms with E-state index in [0.717, 1.165) is 11.4 Å². The highest BCUT2D eigenvalue weighted by molar-refractivity contribution is 7.82. The predicted octanol–water partition coefficient (Wildman–Crippen LogP) is 1.66. The second-order valence-electron chi connectivity index (χ2n) is 1.32. The van der Waals surface area contributed by atoms with Gasteiger partial charge in [0.05, 0.1) is 0 Å². The Balaban J connectivity index is 2.84. The van der Waals surface area contributed by atoms with Crippen LogP contribution in [0, 0.1) is 0 Å². The molecule has 1 aromatic rings. The largest absolute Gasteiger partial charge is 0.204 e. The Hall–Kier alpha value is -0.220. The molecule has 1 heterocycles. The van der Waals surface area contributed by atoms with Crippen LogP contribution in [0.4, 0.5) is 0 Å². The molecular formula is C4H5N2S2. The van der Waals surface area contributed by atoms with Crippen molar-refractivity contribution in [3.05, 3.63) is 5.01 Å². The summed E-state index contributed by atoms with van der Waals surface area (Å²) in [4.78, 5) is 0. The molecule has 0 bridgehead atoms. The third-order valence-corrected chi connectivity index (χ3v) is 1.94. The smallest absolute Gasteiger partial charge is 0.142 e. The Kier molecular flexibility index (Phi) is 1.75. The number of rotatable bonds is 1. The van der Waals surface area contributed by atoms with Crippen LogP contribution in [0.25, 0.3) is 0 Å². The molecule has 0 saturated carbocycles. The predicted molar refractivity (Wildman–Crippen MR) is 35.1 cm³/mol. The van der Waals surface area contributed by atoms with Gasteiger partial charge >= 0.3 is 0 Å². The van der Waals surface area contributed by atoms with Gasteiger partial charge in [-0.05, 0) is 19.0 Å². The zero-order valence-electron chi connectivity index (χ0n) is 4.42. The molecule has 4 heteroatoms. The Labute approximate surface area is 57.4 Å². The van der Waals surface area contributed by atoms with Crippen LogP contribution in [-0.2, 0) is 6.42 Å². The molecule has 0 unspecified atom stereocenters. The van der Waals surface area contributed by atoms with E-state index >= 15 is 0 Å². The van der Waals surface area contributed by atoms with Crippen LogP contribution in [0.2, 0.25) is 0 Å². The molecule has 8 heavy (non-hydrogen) atoms. The summed E-state index contributed by atoms with van der Waals surface area (Å²) in [6.45, 7) is 2.04. The van der Waals surface area contributed by atoms with E-state index in [-0.39, 0.29) is 0 Å². The molecule has 1 aromatic heterocycles. The molecule has 0 aliphatic rings. The van der Waals surface area contributed by atoms with Gasteiger partial charge in [-0.1, -0.05) is 18.3 Å². The molecule has 43 valence electrons. The summed E-state index contributed by atoms with van der Waals surface area (Å²) in [6.07, 6.45) is 0.939. The number of nitrogens with zero attached hydrogens (tertiary/aromatic N) is 2. The minimum Gasteiger partial charge on any atom is -0.142 e. The normalized spacial score (nSPS) is 9.62. The Morgan fingerprint density at radius 3 is 2.62 bits per heavy atom. The van der Waals surface area contributed by atoms with Gasteiger partial charge in [-0.25, -0.2) is 0 Å². The summed E-state index contributed by atoms with van der Waals surface area (Å²) in [7, 11) is 0. The lowest BCUT2D eigenvalue weighted by Gasteiger charge is -1.75. The topological polar surface area (TPSA) is 25.8 Å². The maximum atomic E-state index is 4.74. The third-order valence-electron chi connectivity index (χ3n) is 0.751. The molecule has 0 amide bonds. The van der Waals surface area contributed by atoms with Crippen molar-refractivity contribution >= 4 is 24.0 Å². The highest BCUT2D eigenvalue weighted by Crippen LogP contribution is 2.12. The fourth-order valence-corrected chi connectivity index (χ4v) is 1.22. The summed E-state index contributed by atoms with van der Waals surface area (Å²) in [5.41, 5.74) is 0. The fourth-order valence-electron chi connectivity index (χ4n) is 0.381. The zero-order chi connectivity index (χ0) is 5.98. The van der Waals surface area contributed by atoms with Crippen LogP contribution in [-0.4, -0.2) is 10.2 Å². The van der Waals surface area contributed by atoms with Gasteiger partial charge in [0, 0.05) is 0 Å². The summed E-state index contributed by atoms with van der Waals surface area (Å²) in [6, 6.07) is 0. The first kappa shape index (κ1) is 5.91. The Morgan fingerprint density at radius 2 is 2.38 bits per heavy atom. The highest BCUT2D eigenvalue weighted by Gasteiger charge is 1.95. The van der Waals surface area contributed by atoms with E-state index in [0.29, 0.717) is 4.34 Å². The second kappa shape index (κ2) is 2.37. The van der Waals surface area contributed by atoms with Crippen molar-refractivity contribution in [3.63, 3.8) is 0 Å². The van der Waals surface area contributed by atoms with E-state index in [2.05, 4.69) is 10.2 Å². The lowest BCUT2D eigenvalue weighted by molar-refractivity contribution is 0.945. The van der Waals surface area contributed by atoms with Gasteiger partial charge in [-0.3, -0.25) is 0 Å². The number of hydrogen-bond acceptors (Lipinski definition) is 3. The quantitative estimate of drug-likeness (QED) is 0.600. The zero-order valence-corrected chi connectivity index (χ0v) is 6.05. The van der Waals surface area contributed by atoms with Gasteiger partial charge in [-0.15, -0.1) is 10.2 Å².